The van der Waals surface area contributed by atoms with Gasteiger partial charge in [0, 0.05) is 5.54 Å². The number of nitrogens with one attached hydrogen (secondary N) is 1. The van der Waals surface area contributed by atoms with Gasteiger partial charge in [-0.3, -0.25) is 0 Å². The van der Waals surface area contributed by atoms with Gasteiger partial charge in [-0.15, -0.1) is 0 Å². The van der Waals surface area contributed by atoms with E-state index in [9.17, 15) is 0 Å². The molecule has 0 aromatic heterocycles. The minimum Gasteiger partial charge on any atom is -0.497 e. The number of nitrogens with zero attached hydrogens (tertiary/aromatic N) is 1. The smallest absolute Gasteiger partial charge is 0.119 e. The van der Waals surface area contributed by atoms with Crippen LogP contribution in [0.1, 0.15) is 43.9 Å². The normalized spacial score (nSPS) is 13.6. The van der Waals surface area contributed by atoms with E-state index in [0.717, 1.165) is 18.6 Å². The molecule has 0 aliphatic rings. The van der Waals surface area contributed by atoms with E-state index in [4.69, 9.17) is 4.74 Å². The van der Waals surface area contributed by atoms with Crippen molar-refractivity contribution < 1.29 is 4.74 Å². The zero-order chi connectivity index (χ0) is 15.3. The van der Waals surface area contributed by atoms with E-state index in [2.05, 4.69) is 70.3 Å². The van der Waals surface area contributed by atoms with Crippen LogP contribution in [0.5, 0.6) is 5.75 Å². The van der Waals surface area contributed by atoms with Crippen LogP contribution in [0, 0.1) is 6.92 Å². The van der Waals surface area contributed by atoms with Crippen molar-refractivity contribution in [1.29, 1.82) is 0 Å². The number of aryl methyl sites for hydroxylation is 1. The van der Waals surface area contributed by atoms with Crippen molar-refractivity contribution in [3.63, 3.8) is 0 Å². The monoisotopic (exact) mass is 278 g/mol. The molecule has 114 valence electrons. The molecule has 1 atom stereocenters. The highest BCUT2D eigenvalue weighted by Crippen LogP contribution is 2.37. The van der Waals surface area contributed by atoms with Crippen LogP contribution in [-0.4, -0.2) is 38.7 Å². The van der Waals surface area contributed by atoms with E-state index in [1.807, 2.05) is 0 Å². The molecule has 0 spiro atoms. The van der Waals surface area contributed by atoms with Crippen LogP contribution < -0.4 is 10.1 Å². The van der Waals surface area contributed by atoms with Gasteiger partial charge in [0.05, 0.1) is 13.2 Å². The second-order valence-corrected chi connectivity index (χ2v) is 5.65. The molecule has 0 saturated heterocycles. The first-order valence-corrected chi connectivity index (χ1v) is 7.46. The van der Waals surface area contributed by atoms with Crippen LogP contribution >= 0.6 is 0 Å². The number of ether oxygens (including phenoxy) is 1. The van der Waals surface area contributed by atoms with Gasteiger partial charge in [0.25, 0.3) is 0 Å². The standard InChI is InChI=1S/C17H30N2O/c1-8-17(9-2,19(5)6)16(18-4)15-11-10-14(20-7)12-13(15)3/h10-12,16,18H,8-9H2,1-7H3. The first-order chi connectivity index (χ1) is 9.46. The molecular weight excluding hydrogens is 248 g/mol. The van der Waals surface area contributed by atoms with Gasteiger partial charge >= 0.3 is 0 Å². The summed E-state index contributed by atoms with van der Waals surface area (Å²) in [6.07, 6.45) is 2.21. The third-order valence-corrected chi connectivity index (χ3v) is 4.73. The molecule has 0 bridgehead atoms. The van der Waals surface area contributed by atoms with Gasteiger partial charge in [0.15, 0.2) is 0 Å². The van der Waals surface area contributed by atoms with Crippen molar-refractivity contribution in [3.05, 3.63) is 29.3 Å². The van der Waals surface area contributed by atoms with Crippen LogP contribution in [0.3, 0.4) is 0 Å². The Balaban J connectivity index is 3.30. The molecule has 0 heterocycles. The lowest BCUT2D eigenvalue weighted by molar-refractivity contribution is 0.0915. The number of likely N-dealkylation sites (N-methyl/N-ethyl adjacent to an activating group) is 2. The van der Waals surface area contributed by atoms with Crippen LogP contribution in [0.25, 0.3) is 0 Å². The Labute approximate surface area is 124 Å². The minimum atomic E-state index is 0.119. The Hall–Kier alpha value is -1.06. The molecule has 1 aromatic carbocycles. The van der Waals surface area contributed by atoms with Crippen LogP contribution in [0.2, 0.25) is 0 Å². The van der Waals surface area contributed by atoms with Gasteiger partial charge in [-0.25, -0.2) is 0 Å². The number of hydrogen-bond donors (Lipinski definition) is 1. The topological polar surface area (TPSA) is 24.5 Å². The number of hydrogen-bond acceptors (Lipinski definition) is 3. The van der Waals surface area contributed by atoms with Crippen molar-refractivity contribution >= 4 is 0 Å². The summed E-state index contributed by atoms with van der Waals surface area (Å²) in [4.78, 5) is 2.36. The van der Waals surface area contributed by atoms with Gasteiger partial charge in [-0.05, 0) is 64.2 Å². The summed E-state index contributed by atoms with van der Waals surface area (Å²) in [7, 11) is 8.12. The van der Waals surface area contributed by atoms with Crippen LogP contribution in [0.15, 0.2) is 18.2 Å². The van der Waals surface area contributed by atoms with Crippen molar-refractivity contribution in [2.75, 3.05) is 28.3 Å². The van der Waals surface area contributed by atoms with Crippen molar-refractivity contribution in [2.24, 2.45) is 0 Å². The molecule has 3 nitrogen and oxygen atoms in total. The fourth-order valence-corrected chi connectivity index (χ4v) is 3.36. The summed E-state index contributed by atoms with van der Waals surface area (Å²) in [6.45, 7) is 6.70. The lowest BCUT2D eigenvalue weighted by Gasteiger charge is -2.45. The van der Waals surface area contributed by atoms with Gasteiger partial charge < -0.3 is 15.0 Å². The van der Waals surface area contributed by atoms with E-state index in [1.165, 1.54) is 11.1 Å². The molecular formula is C17H30N2O. The first kappa shape index (κ1) is 17.0. The second-order valence-electron chi connectivity index (χ2n) is 5.65. The molecule has 3 heteroatoms. The zero-order valence-corrected chi connectivity index (χ0v) is 14.1. The maximum atomic E-state index is 5.32. The predicted octanol–water partition coefficient (Wildman–Crippen LogP) is 3.38. The fourth-order valence-electron chi connectivity index (χ4n) is 3.36. The Morgan fingerprint density at radius 2 is 1.85 bits per heavy atom. The van der Waals surface area contributed by atoms with Crippen LogP contribution in [-0.2, 0) is 0 Å². The molecule has 1 unspecified atom stereocenters. The molecule has 0 fully saturated rings. The van der Waals surface area contributed by atoms with Gasteiger partial charge in [0.1, 0.15) is 5.75 Å². The van der Waals surface area contributed by atoms with Crippen molar-refractivity contribution in [1.82, 2.24) is 10.2 Å². The largest absolute Gasteiger partial charge is 0.497 e. The Morgan fingerprint density at radius 1 is 1.25 bits per heavy atom. The molecule has 0 radical (unpaired) electrons. The van der Waals surface area contributed by atoms with E-state index in [-0.39, 0.29) is 5.54 Å². The summed E-state index contributed by atoms with van der Waals surface area (Å²) in [5, 5.41) is 3.54. The van der Waals surface area contributed by atoms with E-state index >= 15 is 0 Å². The Morgan fingerprint density at radius 3 is 2.20 bits per heavy atom. The summed E-state index contributed by atoms with van der Waals surface area (Å²) in [5.41, 5.74) is 2.75. The summed E-state index contributed by atoms with van der Waals surface area (Å²) in [6, 6.07) is 6.67. The lowest BCUT2D eigenvalue weighted by Crippen LogP contribution is -2.52. The fraction of sp³-hybridized carbons (Fsp3) is 0.647. The minimum absolute atomic E-state index is 0.119. The molecule has 0 aliphatic heterocycles. The predicted molar refractivity (Wildman–Crippen MR) is 86.5 cm³/mol. The van der Waals surface area contributed by atoms with Gasteiger partial charge in [0.2, 0.25) is 0 Å². The third kappa shape index (κ3) is 2.99. The Kier molecular flexibility index (Phi) is 6.03. The van der Waals surface area contributed by atoms with E-state index in [0.29, 0.717) is 6.04 Å². The second kappa shape index (κ2) is 7.09. The highest BCUT2D eigenvalue weighted by molar-refractivity contribution is 5.38. The van der Waals surface area contributed by atoms with Crippen molar-refractivity contribution in [2.45, 2.75) is 45.2 Å². The van der Waals surface area contributed by atoms with E-state index < -0.39 is 0 Å². The first-order valence-electron chi connectivity index (χ1n) is 7.46. The molecule has 0 saturated carbocycles. The van der Waals surface area contributed by atoms with Crippen LogP contribution in [0.4, 0.5) is 0 Å². The highest BCUT2D eigenvalue weighted by Gasteiger charge is 2.38. The molecule has 1 aromatic rings. The zero-order valence-electron chi connectivity index (χ0n) is 14.1. The summed E-state index contributed by atoms with van der Waals surface area (Å²) in [5.74, 6) is 0.921. The van der Waals surface area contributed by atoms with Gasteiger partial charge in [-0.2, -0.15) is 0 Å². The number of rotatable bonds is 7. The van der Waals surface area contributed by atoms with E-state index in [1.54, 1.807) is 7.11 Å². The molecule has 1 rings (SSSR count). The number of benzene rings is 1. The summed E-state index contributed by atoms with van der Waals surface area (Å²) >= 11 is 0. The third-order valence-electron chi connectivity index (χ3n) is 4.73. The average Bonchev–Trinajstić information content (AvgIpc) is 2.45. The summed E-state index contributed by atoms with van der Waals surface area (Å²) < 4.78 is 5.32. The molecule has 20 heavy (non-hydrogen) atoms. The van der Waals surface area contributed by atoms with Crippen molar-refractivity contribution in [3.8, 4) is 5.75 Å². The lowest BCUT2D eigenvalue weighted by atomic mass is 9.78. The molecule has 0 amide bonds. The molecule has 1 N–H and O–H groups in total. The SMILES string of the molecule is CCC(CC)(C(NC)c1ccc(OC)cc1C)N(C)C. The molecule has 0 aliphatic carbocycles. The van der Waals surface area contributed by atoms with Gasteiger partial charge in [-0.1, -0.05) is 19.9 Å². The maximum absolute atomic E-state index is 5.32. The highest BCUT2D eigenvalue weighted by atomic mass is 16.5. The maximum Gasteiger partial charge on any atom is 0.119 e. The quantitative estimate of drug-likeness (QED) is 0.827. The Bertz CT molecular complexity index is 425. The number of methoxy groups -OCH3 is 1. The average molecular weight is 278 g/mol.